The van der Waals surface area contributed by atoms with E-state index < -0.39 is 0 Å². The fourth-order valence-electron chi connectivity index (χ4n) is 1.69. The van der Waals surface area contributed by atoms with E-state index in [-0.39, 0.29) is 5.41 Å². The Morgan fingerprint density at radius 1 is 0.867 bits per heavy atom. The fourth-order valence-corrected chi connectivity index (χ4v) is 1.69. The van der Waals surface area contributed by atoms with Crippen molar-refractivity contribution in [3.05, 3.63) is 47.6 Å². The van der Waals surface area contributed by atoms with Gasteiger partial charge in [-0.2, -0.15) is 0 Å². The van der Waals surface area contributed by atoms with Crippen LogP contribution in [0.2, 0.25) is 0 Å². The zero-order valence-corrected chi connectivity index (χ0v) is 10.4. The van der Waals surface area contributed by atoms with Gasteiger partial charge >= 0.3 is 0 Å². The second kappa shape index (κ2) is 5.16. The number of allylic oxidation sites excluding steroid dienone is 8. The van der Waals surface area contributed by atoms with Crippen molar-refractivity contribution in [2.24, 2.45) is 5.41 Å². The molecule has 0 unspecified atom stereocenters. The molecule has 1 aliphatic rings. The highest BCUT2D eigenvalue weighted by Gasteiger charge is 2.23. The number of rotatable bonds is 4. The van der Waals surface area contributed by atoms with Gasteiger partial charge < -0.3 is 0 Å². The van der Waals surface area contributed by atoms with Crippen LogP contribution in [0.25, 0.3) is 0 Å². The predicted molar refractivity (Wildman–Crippen MR) is 68.8 cm³/mol. The van der Waals surface area contributed by atoms with Gasteiger partial charge in [0.15, 0.2) is 0 Å². The maximum absolute atomic E-state index is 2.33. The Bertz CT molecular complexity index is 282. The lowest BCUT2D eigenvalue weighted by atomic mass is 9.82. The summed E-state index contributed by atoms with van der Waals surface area (Å²) in [7, 11) is 0. The summed E-state index contributed by atoms with van der Waals surface area (Å²) in [6.45, 7) is 8.65. The minimum absolute atomic E-state index is 0.245. The van der Waals surface area contributed by atoms with E-state index in [0.717, 1.165) is 12.8 Å². The summed E-state index contributed by atoms with van der Waals surface area (Å²) in [5, 5.41) is 0. The SMILES string of the molecule is CC(C)=CCC1(CC=C(C)C)C=CC=C1. The first-order valence-electron chi connectivity index (χ1n) is 5.68. The lowest BCUT2D eigenvalue weighted by Gasteiger charge is -2.22. The van der Waals surface area contributed by atoms with Crippen LogP contribution in [0, 0.1) is 5.41 Å². The maximum Gasteiger partial charge on any atom is 0.0136 e. The summed E-state index contributed by atoms with van der Waals surface area (Å²) in [5.41, 5.74) is 3.05. The van der Waals surface area contributed by atoms with Crippen LogP contribution in [-0.4, -0.2) is 0 Å². The van der Waals surface area contributed by atoms with Crippen LogP contribution < -0.4 is 0 Å². The molecule has 0 aromatic rings. The van der Waals surface area contributed by atoms with Crippen LogP contribution in [-0.2, 0) is 0 Å². The average Bonchev–Trinajstić information content (AvgIpc) is 2.61. The molecular weight excluding hydrogens is 180 g/mol. The van der Waals surface area contributed by atoms with Crippen LogP contribution >= 0.6 is 0 Å². The number of hydrogen-bond acceptors (Lipinski definition) is 0. The molecule has 0 radical (unpaired) electrons. The van der Waals surface area contributed by atoms with Gasteiger partial charge in [-0.3, -0.25) is 0 Å². The molecule has 0 amide bonds. The van der Waals surface area contributed by atoms with Crippen LogP contribution in [0.4, 0.5) is 0 Å². The minimum atomic E-state index is 0.245. The molecule has 0 bridgehead atoms. The van der Waals surface area contributed by atoms with Crippen LogP contribution in [0.1, 0.15) is 40.5 Å². The van der Waals surface area contributed by atoms with Crippen LogP contribution in [0.15, 0.2) is 47.6 Å². The first-order valence-corrected chi connectivity index (χ1v) is 5.68. The summed E-state index contributed by atoms with van der Waals surface area (Å²) in [4.78, 5) is 0. The molecular formula is C15H22. The molecule has 0 heterocycles. The maximum atomic E-state index is 2.33. The summed E-state index contributed by atoms with van der Waals surface area (Å²) < 4.78 is 0. The van der Waals surface area contributed by atoms with Gasteiger partial charge in [0.25, 0.3) is 0 Å². The molecule has 0 aromatic carbocycles. The second-order valence-corrected chi connectivity index (χ2v) is 4.92. The topological polar surface area (TPSA) is 0 Å². The molecule has 0 saturated heterocycles. The van der Waals surface area contributed by atoms with E-state index in [4.69, 9.17) is 0 Å². The van der Waals surface area contributed by atoms with Crippen molar-refractivity contribution in [1.82, 2.24) is 0 Å². The molecule has 0 atom stereocenters. The first kappa shape index (κ1) is 12.0. The molecule has 0 aromatic heterocycles. The smallest absolute Gasteiger partial charge is 0.0136 e. The monoisotopic (exact) mass is 202 g/mol. The van der Waals surface area contributed by atoms with E-state index in [1.54, 1.807) is 0 Å². The van der Waals surface area contributed by atoms with Gasteiger partial charge in [0, 0.05) is 5.41 Å². The van der Waals surface area contributed by atoms with Gasteiger partial charge in [0.2, 0.25) is 0 Å². The van der Waals surface area contributed by atoms with Crippen molar-refractivity contribution in [3.63, 3.8) is 0 Å². The van der Waals surface area contributed by atoms with E-state index in [1.165, 1.54) is 11.1 Å². The molecule has 0 heteroatoms. The Kier molecular flexibility index (Phi) is 4.14. The summed E-state index contributed by atoms with van der Waals surface area (Å²) >= 11 is 0. The van der Waals surface area contributed by atoms with Crippen molar-refractivity contribution in [1.29, 1.82) is 0 Å². The van der Waals surface area contributed by atoms with Gasteiger partial charge in [0.1, 0.15) is 0 Å². The molecule has 0 fully saturated rings. The molecule has 1 rings (SSSR count). The normalized spacial score (nSPS) is 16.5. The Morgan fingerprint density at radius 2 is 1.27 bits per heavy atom. The second-order valence-electron chi connectivity index (χ2n) is 4.92. The zero-order valence-electron chi connectivity index (χ0n) is 10.4. The van der Waals surface area contributed by atoms with Gasteiger partial charge in [-0.05, 0) is 40.5 Å². The Morgan fingerprint density at radius 3 is 1.60 bits per heavy atom. The van der Waals surface area contributed by atoms with Gasteiger partial charge in [-0.25, -0.2) is 0 Å². The lowest BCUT2D eigenvalue weighted by molar-refractivity contribution is 0.512. The van der Waals surface area contributed by atoms with E-state index in [0.29, 0.717) is 0 Å². The van der Waals surface area contributed by atoms with Crippen molar-refractivity contribution < 1.29 is 0 Å². The Balaban J connectivity index is 2.72. The molecule has 0 saturated carbocycles. The Labute approximate surface area is 94.1 Å². The standard InChI is InChI=1S/C15H22/c1-13(2)7-11-15(9-5-6-10-15)12-8-14(3)4/h5-10H,11-12H2,1-4H3. The molecule has 1 aliphatic carbocycles. The summed E-state index contributed by atoms with van der Waals surface area (Å²) in [5.74, 6) is 0. The lowest BCUT2D eigenvalue weighted by Crippen LogP contribution is -2.11. The van der Waals surface area contributed by atoms with Crippen molar-refractivity contribution in [2.45, 2.75) is 40.5 Å². The molecule has 0 aliphatic heterocycles. The third kappa shape index (κ3) is 3.91. The summed E-state index contributed by atoms with van der Waals surface area (Å²) in [6.07, 6.45) is 15.9. The highest BCUT2D eigenvalue weighted by molar-refractivity contribution is 5.28. The highest BCUT2D eigenvalue weighted by Crippen LogP contribution is 2.35. The molecule has 82 valence electrons. The third-order valence-electron chi connectivity index (χ3n) is 2.75. The molecule has 0 nitrogen and oxygen atoms in total. The van der Waals surface area contributed by atoms with Crippen LogP contribution in [0.3, 0.4) is 0 Å². The van der Waals surface area contributed by atoms with E-state index in [2.05, 4.69) is 64.2 Å². The number of hydrogen-bond donors (Lipinski definition) is 0. The first-order chi connectivity index (χ1) is 7.04. The van der Waals surface area contributed by atoms with E-state index in [1.807, 2.05) is 0 Å². The summed E-state index contributed by atoms with van der Waals surface area (Å²) in [6, 6.07) is 0. The van der Waals surface area contributed by atoms with Crippen molar-refractivity contribution in [2.75, 3.05) is 0 Å². The Hall–Kier alpha value is -1.04. The van der Waals surface area contributed by atoms with Gasteiger partial charge in [-0.15, -0.1) is 0 Å². The molecule has 0 N–H and O–H groups in total. The highest BCUT2D eigenvalue weighted by atomic mass is 14.3. The fraction of sp³-hybridized carbons (Fsp3) is 0.467. The third-order valence-corrected chi connectivity index (χ3v) is 2.75. The largest absolute Gasteiger partial charge is 0.0847 e. The van der Waals surface area contributed by atoms with E-state index >= 15 is 0 Å². The molecule has 0 spiro atoms. The predicted octanol–water partition coefficient (Wildman–Crippen LogP) is 4.81. The molecule has 15 heavy (non-hydrogen) atoms. The average molecular weight is 202 g/mol. The zero-order chi connectivity index (χ0) is 11.3. The van der Waals surface area contributed by atoms with Crippen molar-refractivity contribution in [3.8, 4) is 0 Å². The van der Waals surface area contributed by atoms with Gasteiger partial charge in [-0.1, -0.05) is 47.6 Å². The van der Waals surface area contributed by atoms with Crippen molar-refractivity contribution >= 4 is 0 Å². The van der Waals surface area contributed by atoms with E-state index in [9.17, 15) is 0 Å². The minimum Gasteiger partial charge on any atom is -0.0847 e. The quantitative estimate of drug-likeness (QED) is 0.574. The van der Waals surface area contributed by atoms with Crippen LogP contribution in [0.5, 0.6) is 0 Å². The van der Waals surface area contributed by atoms with Gasteiger partial charge in [0.05, 0.1) is 0 Å².